The first-order valence-electron chi connectivity index (χ1n) is 8.58. The van der Waals surface area contributed by atoms with Crippen molar-refractivity contribution in [3.05, 3.63) is 28.3 Å². The number of nitrogens with one attached hydrogen (secondary N) is 1. The van der Waals surface area contributed by atoms with Gasteiger partial charge in [-0.1, -0.05) is 11.8 Å². The molecule has 0 bridgehead atoms. The van der Waals surface area contributed by atoms with E-state index in [-0.39, 0.29) is 17.7 Å². The third kappa shape index (κ3) is 3.51. The highest BCUT2D eigenvalue weighted by Crippen LogP contribution is 2.47. The third-order valence-corrected chi connectivity index (χ3v) is 6.74. The van der Waals surface area contributed by atoms with Gasteiger partial charge in [0.25, 0.3) is 5.91 Å². The Kier molecular flexibility index (Phi) is 5.10. The highest BCUT2D eigenvalue weighted by atomic mass is 32.2. The Hall–Kier alpha value is -2.05. The number of thioether (sulfide) groups is 1. The van der Waals surface area contributed by atoms with Crippen molar-refractivity contribution < 1.29 is 18.3 Å². The van der Waals surface area contributed by atoms with Crippen molar-refractivity contribution in [1.29, 1.82) is 0 Å². The summed E-state index contributed by atoms with van der Waals surface area (Å²) in [5.74, 6) is 0.761. The Morgan fingerprint density at radius 3 is 3.11 bits per heavy atom. The van der Waals surface area contributed by atoms with Crippen LogP contribution in [0.2, 0.25) is 0 Å². The number of fused-ring (bicyclic) bond motifs is 1. The number of carbonyl (C=O) groups is 1. The minimum Gasteiger partial charge on any atom is -0.379 e. The lowest BCUT2D eigenvalue weighted by Crippen LogP contribution is -2.49. The zero-order valence-corrected chi connectivity index (χ0v) is 16.5. The number of nitrogens with zero attached hydrogens (tertiary/aromatic N) is 4. The number of amides is 1. The van der Waals surface area contributed by atoms with Gasteiger partial charge in [-0.3, -0.25) is 4.79 Å². The number of thiazole rings is 1. The lowest BCUT2D eigenvalue weighted by molar-refractivity contribution is -0.0466. The van der Waals surface area contributed by atoms with E-state index in [9.17, 15) is 13.6 Å². The molecule has 0 radical (unpaired) electrons. The van der Waals surface area contributed by atoms with Gasteiger partial charge in [-0.25, -0.2) is 14.7 Å². The first-order chi connectivity index (χ1) is 13.4. The number of aromatic nitrogens is 3. The molecule has 0 unspecified atom stereocenters. The fraction of sp³-hybridized carbons (Fsp3) is 0.500. The molecule has 0 saturated carbocycles. The van der Waals surface area contributed by atoms with Crippen molar-refractivity contribution in [2.45, 2.75) is 31.5 Å². The Morgan fingerprint density at radius 2 is 2.36 bits per heavy atom. The molecule has 1 fully saturated rings. The summed E-state index contributed by atoms with van der Waals surface area (Å²) in [6.07, 6.45) is 2.03. The SMILES string of the molecule is C[C@H]1C[C@H]2CSC(N)=N[C@@]2(c2nc(NC(=O)c3ccn(C(F)F)n3)cs2)CO1. The molecule has 2 aliphatic rings. The standard InChI is InChI=1S/C16H18F2N6O2S2/c1-8-4-9-5-28-15(19)22-16(9,7-26-8)13-21-11(6-27-13)20-12(25)10-2-3-24(23-10)14(17)18/h2-3,6,8-9,14H,4-5,7H2,1H3,(H2,19,22)(H,20,25)/t8-,9-,16-/m0/s1. The van der Waals surface area contributed by atoms with Gasteiger partial charge in [-0.2, -0.15) is 13.9 Å². The summed E-state index contributed by atoms with van der Waals surface area (Å²) in [5, 5.41) is 9.04. The minimum atomic E-state index is -2.80. The number of aliphatic imine (C=N–C) groups is 1. The van der Waals surface area contributed by atoms with Crippen molar-refractivity contribution in [2.24, 2.45) is 16.6 Å². The Labute approximate surface area is 167 Å². The molecule has 1 saturated heterocycles. The summed E-state index contributed by atoms with van der Waals surface area (Å²) < 4.78 is 31.5. The van der Waals surface area contributed by atoms with E-state index in [0.717, 1.165) is 18.4 Å². The zero-order valence-electron chi connectivity index (χ0n) is 14.8. The van der Waals surface area contributed by atoms with E-state index in [1.165, 1.54) is 29.2 Å². The van der Waals surface area contributed by atoms with Crippen molar-refractivity contribution in [3.8, 4) is 0 Å². The monoisotopic (exact) mass is 428 g/mol. The normalized spacial score (nSPS) is 27.4. The summed E-state index contributed by atoms with van der Waals surface area (Å²) in [7, 11) is 0. The second kappa shape index (κ2) is 7.41. The molecule has 1 amide bonds. The molecule has 4 rings (SSSR count). The van der Waals surface area contributed by atoms with Gasteiger partial charge in [0, 0.05) is 23.2 Å². The molecule has 2 aliphatic heterocycles. The van der Waals surface area contributed by atoms with Gasteiger partial charge < -0.3 is 15.8 Å². The van der Waals surface area contributed by atoms with Crippen LogP contribution < -0.4 is 11.1 Å². The molecule has 4 heterocycles. The predicted molar refractivity (Wildman–Crippen MR) is 103 cm³/mol. The summed E-state index contributed by atoms with van der Waals surface area (Å²) in [6, 6.07) is 1.23. The molecular formula is C16H18F2N6O2S2. The Morgan fingerprint density at radius 1 is 1.54 bits per heavy atom. The molecule has 2 aromatic rings. The number of amidine groups is 1. The molecule has 150 valence electrons. The molecule has 0 spiro atoms. The van der Waals surface area contributed by atoms with Crippen LogP contribution in [0.1, 0.15) is 35.4 Å². The lowest BCUT2D eigenvalue weighted by atomic mass is 9.80. The topological polar surface area (TPSA) is 107 Å². The van der Waals surface area contributed by atoms with Crippen LogP contribution in [0.4, 0.5) is 14.6 Å². The van der Waals surface area contributed by atoms with Crippen molar-refractivity contribution >= 4 is 40.0 Å². The van der Waals surface area contributed by atoms with E-state index in [2.05, 4.69) is 20.4 Å². The highest BCUT2D eigenvalue weighted by Gasteiger charge is 2.49. The number of nitrogens with two attached hydrogens (primary N) is 1. The number of hydrogen-bond acceptors (Lipinski definition) is 8. The highest BCUT2D eigenvalue weighted by molar-refractivity contribution is 8.13. The van der Waals surface area contributed by atoms with Crippen LogP contribution in [0.5, 0.6) is 0 Å². The molecule has 12 heteroatoms. The maximum Gasteiger partial charge on any atom is 0.333 e. The Bertz CT molecular complexity index is 917. The molecule has 2 aromatic heterocycles. The average Bonchev–Trinajstić information content (AvgIpc) is 3.32. The number of carbonyl (C=O) groups excluding carboxylic acids is 1. The fourth-order valence-corrected chi connectivity index (χ4v) is 5.33. The van der Waals surface area contributed by atoms with E-state index < -0.39 is 18.0 Å². The van der Waals surface area contributed by atoms with Crippen molar-refractivity contribution in [2.75, 3.05) is 17.7 Å². The van der Waals surface area contributed by atoms with Gasteiger partial charge in [0.2, 0.25) is 0 Å². The fourth-order valence-electron chi connectivity index (χ4n) is 3.36. The Balaban J connectivity index is 1.56. The van der Waals surface area contributed by atoms with E-state index in [4.69, 9.17) is 10.5 Å². The van der Waals surface area contributed by atoms with E-state index in [0.29, 0.717) is 27.3 Å². The quantitative estimate of drug-likeness (QED) is 0.775. The van der Waals surface area contributed by atoms with Gasteiger partial charge in [-0.05, 0) is 19.4 Å². The van der Waals surface area contributed by atoms with Gasteiger partial charge in [0.1, 0.15) is 16.4 Å². The maximum atomic E-state index is 12.6. The number of rotatable bonds is 4. The summed E-state index contributed by atoms with van der Waals surface area (Å²) in [5.41, 5.74) is 5.21. The number of alkyl halides is 2. The van der Waals surface area contributed by atoms with Crippen LogP contribution >= 0.6 is 23.1 Å². The molecule has 28 heavy (non-hydrogen) atoms. The molecule has 0 aromatic carbocycles. The van der Waals surface area contributed by atoms with Gasteiger partial charge in [0.05, 0.1) is 12.7 Å². The van der Waals surface area contributed by atoms with Crippen LogP contribution in [0, 0.1) is 5.92 Å². The van der Waals surface area contributed by atoms with E-state index >= 15 is 0 Å². The maximum absolute atomic E-state index is 12.6. The molecule has 0 aliphatic carbocycles. The van der Waals surface area contributed by atoms with Gasteiger partial charge >= 0.3 is 6.55 Å². The minimum absolute atomic E-state index is 0.114. The van der Waals surface area contributed by atoms with Crippen molar-refractivity contribution in [3.63, 3.8) is 0 Å². The second-order valence-corrected chi connectivity index (χ2v) is 8.59. The number of halogens is 2. The van der Waals surface area contributed by atoms with Crippen LogP contribution in [0.3, 0.4) is 0 Å². The predicted octanol–water partition coefficient (Wildman–Crippen LogP) is 2.67. The summed E-state index contributed by atoms with van der Waals surface area (Å²) in [6.45, 7) is -0.396. The second-order valence-electron chi connectivity index (χ2n) is 6.69. The van der Waals surface area contributed by atoms with Crippen LogP contribution in [-0.4, -0.2) is 44.3 Å². The molecular weight excluding hydrogens is 410 g/mol. The van der Waals surface area contributed by atoms with Crippen LogP contribution in [0.25, 0.3) is 0 Å². The largest absolute Gasteiger partial charge is 0.379 e. The number of hydrogen-bond donors (Lipinski definition) is 2. The van der Waals surface area contributed by atoms with E-state index in [1.54, 1.807) is 5.38 Å². The van der Waals surface area contributed by atoms with Crippen molar-refractivity contribution in [1.82, 2.24) is 14.8 Å². The summed E-state index contributed by atoms with van der Waals surface area (Å²) in [4.78, 5) is 21.5. The molecule has 3 N–H and O–H groups in total. The van der Waals surface area contributed by atoms with Crippen LogP contribution in [0.15, 0.2) is 22.6 Å². The third-order valence-electron chi connectivity index (χ3n) is 4.78. The smallest absolute Gasteiger partial charge is 0.333 e. The van der Waals surface area contributed by atoms with E-state index in [1.807, 2.05) is 6.92 Å². The summed E-state index contributed by atoms with van der Waals surface area (Å²) >= 11 is 2.89. The first kappa shape index (κ1) is 19.3. The van der Waals surface area contributed by atoms with Crippen LogP contribution in [-0.2, 0) is 10.3 Å². The lowest BCUT2D eigenvalue weighted by Gasteiger charge is -2.44. The first-order valence-corrected chi connectivity index (χ1v) is 10.4. The number of anilines is 1. The molecule has 3 atom stereocenters. The molecule has 8 nitrogen and oxygen atoms in total. The zero-order chi connectivity index (χ0) is 19.9. The number of ether oxygens (including phenoxy) is 1. The average molecular weight is 428 g/mol. The van der Waals surface area contributed by atoms with Gasteiger partial charge in [-0.15, -0.1) is 11.3 Å². The van der Waals surface area contributed by atoms with Gasteiger partial charge in [0.15, 0.2) is 10.9 Å².